The topological polar surface area (TPSA) is 59.0 Å². The van der Waals surface area contributed by atoms with Gasteiger partial charge in [-0.2, -0.15) is 0 Å². The first-order valence-corrected chi connectivity index (χ1v) is 8.74. The molecule has 120 valence electrons. The van der Waals surface area contributed by atoms with E-state index in [1.165, 1.54) is 18.9 Å². The van der Waals surface area contributed by atoms with Crippen molar-refractivity contribution in [2.24, 2.45) is 4.99 Å². The number of amidine groups is 1. The molecule has 7 heteroatoms. The number of aliphatic imine (C=N–C) groups is 1. The van der Waals surface area contributed by atoms with Gasteiger partial charge in [-0.25, -0.2) is 9.79 Å². The molecule has 1 saturated heterocycles. The van der Waals surface area contributed by atoms with Crippen LogP contribution in [0.1, 0.15) is 25.5 Å². The summed E-state index contributed by atoms with van der Waals surface area (Å²) in [4.78, 5) is 31.0. The fraction of sp³-hybridized carbons (Fsp3) is 0.312. The SMILES string of the molecule is COC(=O)C1=C(C)N=C2SC(C)C(=O)N2C1c1cccc(Br)c1. The molecule has 0 aliphatic carbocycles. The summed E-state index contributed by atoms with van der Waals surface area (Å²) in [5.74, 6) is -0.514. The summed E-state index contributed by atoms with van der Waals surface area (Å²) in [6.07, 6.45) is 0. The van der Waals surface area contributed by atoms with E-state index >= 15 is 0 Å². The largest absolute Gasteiger partial charge is 0.466 e. The van der Waals surface area contributed by atoms with Gasteiger partial charge in [-0.1, -0.05) is 39.8 Å². The van der Waals surface area contributed by atoms with Crippen molar-refractivity contribution >= 4 is 44.7 Å². The Hall–Kier alpha value is -1.60. The second kappa shape index (κ2) is 6.13. The standard InChI is InChI=1S/C16H15BrN2O3S/c1-8-12(15(21)22-3)13(10-5-4-6-11(17)7-10)19-14(20)9(2)23-16(19)18-8/h4-7,9,13H,1-3H3. The molecule has 0 radical (unpaired) electrons. The Morgan fingerprint density at radius 2 is 2.17 bits per heavy atom. The molecule has 2 atom stereocenters. The summed E-state index contributed by atoms with van der Waals surface area (Å²) in [7, 11) is 1.34. The first-order valence-electron chi connectivity index (χ1n) is 7.07. The van der Waals surface area contributed by atoms with Gasteiger partial charge >= 0.3 is 5.97 Å². The van der Waals surface area contributed by atoms with Crippen LogP contribution >= 0.6 is 27.7 Å². The van der Waals surface area contributed by atoms with Crippen molar-refractivity contribution in [3.63, 3.8) is 0 Å². The number of allylic oxidation sites excluding steroid dienone is 1. The fourth-order valence-electron chi connectivity index (χ4n) is 2.77. The molecule has 0 spiro atoms. The highest BCUT2D eigenvalue weighted by atomic mass is 79.9. The van der Waals surface area contributed by atoms with Gasteiger partial charge in [0.1, 0.15) is 0 Å². The summed E-state index contributed by atoms with van der Waals surface area (Å²) in [6, 6.07) is 7.07. The lowest BCUT2D eigenvalue weighted by molar-refractivity contribution is -0.137. The molecule has 1 aromatic rings. The Kier molecular flexibility index (Phi) is 4.33. The Labute approximate surface area is 146 Å². The first-order chi connectivity index (χ1) is 10.9. The lowest BCUT2D eigenvalue weighted by Gasteiger charge is -2.32. The second-order valence-corrected chi connectivity index (χ2v) is 7.53. The zero-order chi connectivity index (χ0) is 16.7. The summed E-state index contributed by atoms with van der Waals surface area (Å²) in [6.45, 7) is 3.62. The Bertz CT molecular complexity index is 759. The van der Waals surface area contributed by atoms with Crippen LogP contribution in [0.15, 0.2) is 45.0 Å². The van der Waals surface area contributed by atoms with Crippen molar-refractivity contribution in [3.8, 4) is 0 Å². The smallest absolute Gasteiger partial charge is 0.338 e. The minimum absolute atomic E-state index is 0.0485. The van der Waals surface area contributed by atoms with E-state index in [4.69, 9.17) is 4.74 Å². The van der Waals surface area contributed by atoms with Crippen LogP contribution in [0.25, 0.3) is 0 Å². The van der Waals surface area contributed by atoms with Crippen LogP contribution < -0.4 is 0 Å². The molecule has 2 unspecified atom stereocenters. The molecule has 0 aromatic heterocycles. The number of nitrogens with zero attached hydrogens (tertiary/aromatic N) is 2. The maximum atomic E-state index is 12.6. The van der Waals surface area contributed by atoms with Crippen molar-refractivity contribution in [1.29, 1.82) is 0 Å². The monoisotopic (exact) mass is 394 g/mol. The molecule has 2 aliphatic heterocycles. The van der Waals surface area contributed by atoms with Crippen molar-refractivity contribution in [2.75, 3.05) is 7.11 Å². The van der Waals surface area contributed by atoms with Gasteiger partial charge < -0.3 is 4.74 Å². The number of rotatable bonds is 2. The third kappa shape index (κ3) is 2.72. The number of methoxy groups -OCH3 is 1. The molecular formula is C16H15BrN2O3S. The highest BCUT2D eigenvalue weighted by molar-refractivity contribution is 9.10. The number of hydrogen-bond donors (Lipinski definition) is 0. The number of ether oxygens (including phenoxy) is 1. The van der Waals surface area contributed by atoms with Gasteiger partial charge in [-0.3, -0.25) is 9.69 Å². The lowest BCUT2D eigenvalue weighted by Crippen LogP contribution is -2.40. The van der Waals surface area contributed by atoms with Crippen LogP contribution in [0, 0.1) is 0 Å². The van der Waals surface area contributed by atoms with E-state index in [9.17, 15) is 9.59 Å². The van der Waals surface area contributed by atoms with Crippen LogP contribution in [0.3, 0.4) is 0 Å². The number of benzene rings is 1. The van der Waals surface area contributed by atoms with Gasteiger partial charge in [-0.05, 0) is 31.5 Å². The van der Waals surface area contributed by atoms with Crippen LogP contribution in [0.4, 0.5) is 0 Å². The van der Waals surface area contributed by atoms with Crippen molar-refractivity contribution < 1.29 is 14.3 Å². The molecule has 2 aliphatic rings. The normalized spacial score (nSPS) is 23.7. The van der Waals surface area contributed by atoms with Gasteiger partial charge in [0.2, 0.25) is 5.91 Å². The van der Waals surface area contributed by atoms with E-state index < -0.39 is 12.0 Å². The number of halogens is 1. The van der Waals surface area contributed by atoms with Crippen molar-refractivity contribution in [3.05, 3.63) is 45.6 Å². The Morgan fingerprint density at radius 1 is 1.43 bits per heavy atom. The fourth-order valence-corrected chi connectivity index (χ4v) is 4.21. The molecule has 5 nitrogen and oxygen atoms in total. The number of carbonyl (C=O) groups is 2. The Balaban J connectivity index is 2.19. The number of esters is 1. The number of carbonyl (C=O) groups excluding carboxylic acids is 2. The second-order valence-electron chi connectivity index (χ2n) is 5.31. The van der Waals surface area contributed by atoms with E-state index in [1.807, 2.05) is 31.2 Å². The quantitative estimate of drug-likeness (QED) is 0.722. The van der Waals surface area contributed by atoms with Gasteiger partial charge in [0.15, 0.2) is 5.17 Å². The predicted octanol–water partition coefficient (Wildman–Crippen LogP) is 3.27. The third-order valence-corrected chi connectivity index (χ3v) is 5.38. The molecule has 23 heavy (non-hydrogen) atoms. The highest BCUT2D eigenvalue weighted by Crippen LogP contribution is 2.43. The van der Waals surface area contributed by atoms with Gasteiger partial charge in [0, 0.05) is 4.47 Å². The van der Waals surface area contributed by atoms with Crippen LogP contribution in [0.2, 0.25) is 0 Å². The minimum atomic E-state index is -0.516. The van der Waals surface area contributed by atoms with Gasteiger partial charge in [0.25, 0.3) is 0 Å². The lowest BCUT2D eigenvalue weighted by atomic mass is 9.94. The first kappa shape index (κ1) is 16.3. The third-order valence-electron chi connectivity index (χ3n) is 3.83. The van der Waals surface area contributed by atoms with Crippen LogP contribution in [-0.2, 0) is 14.3 Å². The van der Waals surface area contributed by atoms with Gasteiger partial charge in [0.05, 0.1) is 29.7 Å². The Morgan fingerprint density at radius 3 is 2.83 bits per heavy atom. The van der Waals surface area contributed by atoms with E-state index in [2.05, 4.69) is 20.9 Å². The van der Waals surface area contributed by atoms with E-state index in [0.29, 0.717) is 16.4 Å². The van der Waals surface area contributed by atoms with E-state index in [1.54, 1.807) is 11.8 Å². The van der Waals surface area contributed by atoms with E-state index in [-0.39, 0.29) is 11.2 Å². The number of hydrogen-bond acceptors (Lipinski definition) is 5. The molecule has 0 saturated carbocycles. The summed E-state index contributed by atoms with van der Waals surface area (Å²) >= 11 is 4.86. The maximum Gasteiger partial charge on any atom is 0.338 e. The minimum Gasteiger partial charge on any atom is -0.466 e. The van der Waals surface area contributed by atoms with Crippen LogP contribution in [-0.4, -0.2) is 34.3 Å². The number of thioether (sulfide) groups is 1. The van der Waals surface area contributed by atoms with E-state index in [0.717, 1.165) is 10.0 Å². The summed E-state index contributed by atoms with van der Waals surface area (Å²) < 4.78 is 5.81. The molecule has 1 aromatic carbocycles. The molecule has 1 fully saturated rings. The zero-order valence-electron chi connectivity index (χ0n) is 12.9. The van der Waals surface area contributed by atoms with Crippen molar-refractivity contribution in [2.45, 2.75) is 25.1 Å². The summed E-state index contributed by atoms with van der Waals surface area (Å²) in [5, 5.41) is 0.422. The maximum absolute atomic E-state index is 12.6. The number of amides is 1. The molecule has 0 bridgehead atoms. The highest BCUT2D eigenvalue weighted by Gasteiger charge is 2.46. The number of fused-ring (bicyclic) bond motifs is 1. The molecule has 1 amide bonds. The average Bonchev–Trinajstić information content (AvgIpc) is 2.79. The van der Waals surface area contributed by atoms with Gasteiger partial charge in [-0.15, -0.1) is 0 Å². The predicted molar refractivity (Wildman–Crippen MR) is 92.9 cm³/mol. The van der Waals surface area contributed by atoms with Crippen molar-refractivity contribution in [1.82, 2.24) is 4.90 Å². The molecule has 0 N–H and O–H groups in total. The molecule has 3 rings (SSSR count). The summed E-state index contributed by atoms with van der Waals surface area (Å²) in [5.41, 5.74) is 1.83. The van der Waals surface area contributed by atoms with Crippen LogP contribution in [0.5, 0.6) is 0 Å². The molecular weight excluding hydrogens is 380 g/mol. The molecule has 2 heterocycles. The zero-order valence-corrected chi connectivity index (χ0v) is 15.3. The average molecular weight is 395 g/mol.